The summed E-state index contributed by atoms with van der Waals surface area (Å²) in [5, 5.41) is 20.1. The van der Waals surface area contributed by atoms with Gasteiger partial charge in [-0.1, -0.05) is 443 Å². The Hall–Kier alpha value is -17.0. The van der Waals surface area contributed by atoms with Gasteiger partial charge in [-0.15, -0.1) is 0 Å². The zero-order chi connectivity index (χ0) is 86.0. The second-order valence-corrected chi connectivity index (χ2v) is 34.1. The number of rotatable bonds is 14. The number of benzene rings is 23. The maximum atomic E-state index is 2.40. The molecular weight excluding hydrogens is 1570 g/mol. The average molecular weight is 1650 g/mol. The average Bonchev–Trinajstić information content (AvgIpc) is 1.64. The van der Waals surface area contributed by atoms with Gasteiger partial charge in [-0.25, -0.2) is 0 Å². The molecule has 2 nitrogen and oxygen atoms in total. The van der Waals surface area contributed by atoms with Crippen LogP contribution in [0.1, 0.15) is 0 Å². The van der Waals surface area contributed by atoms with E-state index < -0.39 is 0 Å². The lowest BCUT2D eigenvalue weighted by Gasteiger charge is -2.15. The van der Waals surface area contributed by atoms with Crippen LogP contribution >= 0.6 is 0 Å². The summed E-state index contributed by atoms with van der Waals surface area (Å²) in [4.78, 5) is 0. The lowest BCUT2D eigenvalue weighted by molar-refractivity contribution is 1.13. The van der Waals surface area contributed by atoms with Crippen LogP contribution in [-0.2, 0) is 0 Å². The summed E-state index contributed by atoms with van der Waals surface area (Å²) in [7, 11) is 0. The third-order valence-electron chi connectivity index (χ3n) is 26.7. The predicted molar refractivity (Wildman–Crippen MR) is 554 cm³/mol. The highest BCUT2D eigenvalue weighted by atomic mass is 15.0. The molecule has 0 aliphatic rings. The third-order valence-corrected chi connectivity index (χ3v) is 26.7. The molecule has 0 spiro atoms. The fourth-order valence-electron chi connectivity index (χ4n) is 20.1. The number of hydrogen-bond acceptors (Lipinski definition) is 0. The van der Waals surface area contributed by atoms with Crippen LogP contribution in [0.5, 0.6) is 0 Å². The van der Waals surface area contributed by atoms with Crippen LogP contribution in [0.3, 0.4) is 0 Å². The van der Waals surface area contributed by atoms with Crippen molar-refractivity contribution in [3.05, 3.63) is 510 Å². The summed E-state index contributed by atoms with van der Waals surface area (Å²) in [5.74, 6) is 0. The van der Waals surface area contributed by atoms with E-state index in [0.29, 0.717) is 0 Å². The molecule has 0 saturated heterocycles. The number of hydrogen-bond donors (Lipinski definition) is 0. The highest BCUT2D eigenvalue weighted by molar-refractivity contribution is 6.16. The van der Waals surface area contributed by atoms with Gasteiger partial charge in [0.15, 0.2) is 0 Å². The van der Waals surface area contributed by atoms with Crippen LogP contribution in [0.2, 0.25) is 0 Å². The third kappa shape index (κ3) is 14.1. The molecule has 0 N–H and O–H groups in total. The zero-order valence-corrected chi connectivity index (χ0v) is 71.4. The lowest BCUT2D eigenvalue weighted by atomic mass is 9.92. The van der Waals surface area contributed by atoms with Crippen molar-refractivity contribution >= 4 is 97.2 Å². The fourth-order valence-corrected chi connectivity index (χ4v) is 20.1. The molecule has 0 saturated carbocycles. The van der Waals surface area contributed by atoms with Crippen molar-refractivity contribution in [3.63, 3.8) is 0 Å². The number of nitrogens with zero attached hydrogens (tertiary/aromatic N) is 2. The minimum absolute atomic E-state index is 1.13. The van der Waals surface area contributed by atoms with E-state index in [1.54, 1.807) is 0 Å². The van der Waals surface area contributed by atoms with E-state index in [9.17, 15) is 0 Å². The van der Waals surface area contributed by atoms with Crippen LogP contribution in [0, 0.1) is 0 Å². The van der Waals surface area contributed by atoms with E-state index in [-0.39, 0.29) is 0 Å². The summed E-state index contributed by atoms with van der Waals surface area (Å²) in [6.45, 7) is 0. The van der Waals surface area contributed by atoms with Crippen molar-refractivity contribution in [2.45, 2.75) is 0 Å². The highest BCUT2D eigenvalue weighted by Crippen LogP contribution is 2.46. The van der Waals surface area contributed by atoms with Crippen LogP contribution in [0.4, 0.5) is 0 Å². The molecule has 25 aromatic rings. The Morgan fingerprint density at radius 2 is 0.385 bits per heavy atom. The summed E-state index contributed by atoms with van der Waals surface area (Å²) >= 11 is 0. The van der Waals surface area contributed by atoms with Crippen molar-refractivity contribution < 1.29 is 0 Å². The first-order valence-corrected chi connectivity index (χ1v) is 44.9. The molecule has 0 fully saturated rings. The van der Waals surface area contributed by atoms with Gasteiger partial charge in [0.25, 0.3) is 0 Å². The van der Waals surface area contributed by atoms with E-state index in [2.05, 4.69) is 519 Å². The predicted octanol–water partition coefficient (Wildman–Crippen LogP) is 35.3. The first-order chi connectivity index (χ1) is 64.4. The molecule has 0 amide bonds. The molecule has 25 rings (SSSR count). The van der Waals surface area contributed by atoms with Crippen LogP contribution < -0.4 is 0 Å². The molecule has 23 aromatic carbocycles. The van der Waals surface area contributed by atoms with Gasteiger partial charge >= 0.3 is 0 Å². The molecule has 0 aliphatic carbocycles. The molecular formula is C128H84N2. The van der Waals surface area contributed by atoms with Gasteiger partial charge in [-0.3, -0.25) is 0 Å². The van der Waals surface area contributed by atoms with Gasteiger partial charge in [0.05, 0.1) is 16.7 Å². The molecule has 0 aliphatic heterocycles. The van der Waals surface area contributed by atoms with Gasteiger partial charge in [0, 0.05) is 45.4 Å². The van der Waals surface area contributed by atoms with E-state index in [1.807, 2.05) is 0 Å². The summed E-state index contributed by atoms with van der Waals surface area (Å²) in [6.07, 6.45) is 4.68. The van der Waals surface area contributed by atoms with E-state index in [0.717, 1.165) is 11.4 Å². The van der Waals surface area contributed by atoms with Crippen molar-refractivity contribution in [2.75, 3.05) is 0 Å². The van der Waals surface area contributed by atoms with Crippen LogP contribution in [0.15, 0.2) is 510 Å². The minimum Gasteiger partial charge on any atom is -0.316 e. The smallest absolute Gasteiger partial charge is 0.0535 e. The highest BCUT2D eigenvalue weighted by Gasteiger charge is 2.22. The van der Waals surface area contributed by atoms with Crippen molar-refractivity contribution in [2.24, 2.45) is 0 Å². The largest absolute Gasteiger partial charge is 0.316 e. The molecule has 606 valence electrons. The number of aromatic nitrogens is 2. The van der Waals surface area contributed by atoms with Gasteiger partial charge in [-0.2, -0.15) is 0 Å². The zero-order valence-electron chi connectivity index (χ0n) is 71.4. The Morgan fingerprint density at radius 1 is 0.115 bits per heavy atom. The first-order valence-electron chi connectivity index (χ1n) is 44.9. The fraction of sp³-hybridized carbons (Fsp3) is 0. The molecule has 130 heavy (non-hydrogen) atoms. The van der Waals surface area contributed by atoms with Gasteiger partial charge < -0.3 is 9.13 Å². The molecule has 2 aromatic heterocycles. The topological polar surface area (TPSA) is 9.86 Å². The van der Waals surface area contributed by atoms with Crippen LogP contribution in [-0.4, -0.2) is 9.13 Å². The van der Waals surface area contributed by atoms with Gasteiger partial charge in [0.2, 0.25) is 0 Å². The summed E-state index contributed by atoms with van der Waals surface area (Å²) in [6, 6.07) is 182. The van der Waals surface area contributed by atoms with Crippen molar-refractivity contribution in [1.82, 2.24) is 9.13 Å². The molecule has 2 heterocycles. The maximum Gasteiger partial charge on any atom is 0.0535 e. The van der Waals surface area contributed by atoms with E-state index in [4.69, 9.17) is 0 Å². The summed E-state index contributed by atoms with van der Waals surface area (Å²) < 4.78 is 4.77. The molecule has 0 bridgehead atoms. The van der Waals surface area contributed by atoms with E-state index in [1.165, 1.54) is 231 Å². The lowest BCUT2D eigenvalue weighted by Crippen LogP contribution is -1.95. The maximum absolute atomic E-state index is 2.40. The Balaban J connectivity index is 0.000000144. The molecule has 2 heteroatoms. The molecule has 0 unspecified atom stereocenters. The van der Waals surface area contributed by atoms with Crippen LogP contribution in [0.25, 0.3) is 242 Å². The molecule has 0 radical (unpaired) electrons. The monoisotopic (exact) mass is 1650 g/mol. The molecule has 0 atom stereocenters. The Kier molecular flexibility index (Phi) is 19.3. The SMILES string of the molecule is c1ccc(-c2ccc(-c3ccc(-c4ccc5c(c4)c(-c4ccc(-c6ccc(-c7ccccc7)cc6)cc4)cn5-c4ccc(-c5cccc6ccccc56)c5ccccc45)cc3)cc2)cc1.c1ccc2c(-c3ccc(-n4cc(-c5ccc(-c6cc7ccccc7c7ccccc67)cc5)c5cc(-c6ccc(-c7cc8ccccc8c8ccccc78)cc6)ccc54)cc3)cccc2c1. The Labute approximate surface area is 755 Å². The second-order valence-electron chi connectivity index (χ2n) is 34.1. The minimum atomic E-state index is 1.13. The Bertz CT molecular complexity index is 8610. The van der Waals surface area contributed by atoms with Gasteiger partial charge in [-0.05, 0) is 247 Å². The Morgan fingerprint density at radius 3 is 0.815 bits per heavy atom. The van der Waals surface area contributed by atoms with E-state index >= 15 is 0 Å². The first kappa shape index (κ1) is 76.6. The van der Waals surface area contributed by atoms with Gasteiger partial charge in [0.1, 0.15) is 0 Å². The second kappa shape index (κ2) is 32.8. The standard InChI is InChI=1S/C64H41N.C64H43N/c1-4-16-52-43(12-1)15-11-23-53(52)44-32-35-51(36-33-44)65-41-63(47-30-28-46(29-31-47)61-40-50-14-3-6-18-55(50)57-20-8-10-22-59(57)61)62-38-48(34-37-64(62)65)42-24-26-45(27-25-42)60-39-49-13-2-5-17-54(49)56-19-7-9-21-58(56)60;1-3-12-44(13-4-1)46-22-26-48(27-23-46)50-30-32-52(33-31-50)55-38-40-64-61(42-55)62(54-36-34-51(35-37-54)49-28-24-47(25-29-49)45-14-5-2-6-15-45)43-65(64)63-41-39-59(58-19-9-10-20-60(58)63)57-21-11-17-53-16-7-8-18-56(53)57/h1-41H;1-43H. The van der Waals surface area contributed by atoms with Crippen molar-refractivity contribution in [3.8, 4) is 145 Å². The normalized spacial score (nSPS) is 11.5. The van der Waals surface area contributed by atoms with Crippen molar-refractivity contribution in [1.29, 1.82) is 0 Å². The number of fused-ring (bicyclic) bond motifs is 11. The quantitative estimate of drug-likeness (QED) is 0.0961. The summed E-state index contributed by atoms with van der Waals surface area (Å²) in [5.41, 5.74) is 33.8.